The molecule has 1 fully saturated rings. The number of hydrogen-bond acceptors (Lipinski definition) is 3. The second-order valence-electron chi connectivity index (χ2n) is 3.31. The molecule has 0 radical (unpaired) electrons. The Morgan fingerprint density at radius 1 is 1.71 bits per heavy atom. The molecule has 1 amide bonds. The number of aromatic nitrogens is 2. The zero-order chi connectivity index (χ0) is 10.1. The summed E-state index contributed by atoms with van der Waals surface area (Å²) in [7, 11) is 0. The van der Waals surface area contributed by atoms with Gasteiger partial charge in [0.2, 0.25) is 5.91 Å². The third kappa shape index (κ3) is 1.70. The highest BCUT2D eigenvalue weighted by Crippen LogP contribution is 2.21. The van der Waals surface area contributed by atoms with Crippen LogP contribution in [-0.4, -0.2) is 38.1 Å². The quantitative estimate of drug-likeness (QED) is 0.631. The van der Waals surface area contributed by atoms with Crippen LogP contribution in [0.25, 0.3) is 0 Å². The van der Waals surface area contributed by atoms with Crippen LogP contribution in [0.5, 0.6) is 0 Å². The van der Waals surface area contributed by atoms with E-state index in [4.69, 9.17) is 5.73 Å². The van der Waals surface area contributed by atoms with Crippen LogP contribution in [0.1, 0.15) is 6.04 Å². The lowest BCUT2D eigenvalue weighted by Crippen LogP contribution is -2.51. The molecule has 5 nitrogen and oxygen atoms in total. The molecule has 0 bridgehead atoms. The van der Waals surface area contributed by atoms with Crippen LogP contribution in [0.3, 0.4) is 0 Å². The molecule has 76 valence electrons. The number of halogens is 1. The van der Waals surface area contributed by atoms with Crippen molar-refractivity contribution in [1.29, 1.82) is 0 Å². The largest absolute Gasteiger partial charge is 0.382 e. The number of anilines is 1. The van der Waals surface area contributed by atoms with Crippen molar-refractivity contribution in [3.63, 3.8) is 0 Å². The number of nitrogens with two attached hydrogens (primary N) is 1. The molecule has 2 heterocycles. The Bertz CT molecular complexity index is 345. The van der Waals surface area contributed by atoms with Crippen molar-refractivity contribution < 1.29 is 4.79 Å². The molecule has 1 aliphatic heterocycles. The summed E-state index contributed by atoms with van der Waals surface area (Å²) in [4.78, 5) is 13.1. The zero-order valence-corrected chi connectivity index (χ0v) is 9.72. The molecular weight excluding hydrogens is 295 g/mol. The number of carbonyl (C=O) groups excluding carboxylic acids is 1. The van der Waals surface area contributed by atoms with Gasteiger partial charge in [-0.1, -0.05) is 22.6 Å². The van der Waals surface area contributed by atoms with E-state index in [1.807, 2.05) is 15.8 Å². The van der Waals surface area contributed by atoms with Gasteiger partial charge in [-0.2, -0.15) is 5.10 Å². The molecule has 2 rings (SSSR count). The van der Waals surface area contributed by atoms with Crippen LogP contribution < -0.4 is 5.73 Å². The van der Waals surface area contributed by atoms with E-state index in [0.717, 1.165) is 13.1 Å². The van der Waals surface area contributed by atoms with Gasteiger partial charge in [0.25, 0.3) is 0 Å². The highest BCUT2D eigenvalue weighted by atomic mass is 127. The van der Waals surface area contributed by atoms with E-state index >= 15 is 0 Å². The normalized spacial score (nSPS) is 16.8. The summed E-state index contributed by atoms with van der Waals surface area (Å²) in [6.45, 7) is 1.51. The Morgan fingerprint density at radius 3 is 2.93 bits per heavy atom. The van der Waals surface area contributed by atoms with Crippen LogP contribution in [0.4, 0.5) is 5.82 Å². The van der Waals surface area contributed by atoms with Gasteiger partial charge in [0.05, 0.1) is 10.5 Å². The first-order valence-corrected chi connectivity index (χ1v) is 5.87. The SMILES string of the molecule is Nc1ccn(C2CN(C(=O)CI)C2)n1. The third-order valence-electron chi connectivity index (χ3n) is 2.33. The van der Waals surface area contributed by atoms with Crippen molar-refractivity contribution in [2.75, 3.05) is 23.3 Å². The van der Waals surface area contributed by atoms with Gasteiger partial charge in [0, 0.05) is 19.3 Å². The predicted octanol–water partition coefficient (Wildman–Crippen LogP) is 0.284. The fraction of sp³-hybridized carbons (Fsp3) is 0.500. The lowest BCUT2D eigenvalue weighted by molar-refractivity contribution is -0.133. The van der Waals surface area contributed by atoms with Crippen LogP contribution in [0.15, 0.2) is 12.3 Å². The van der Waals surface area contributed by atoms with E-state index < -0.39 is 0 Å². The molecule has 0 spiro atoms. The highest BCUT2D eigenvalue weighted by Gasteiger charge is 2.31. The Morgan fingerprint density at radius 2 is 2.43 bits per heavy atom. The maximum Gasteiger partial charge on any atom is 0.232 e. The molecule has 0 aromatic carbocycles. The third-order valence-corrected chi connectivity index (χ3v) is 2.98. The molecule has 0 atom stereocenters. The summed E-state index contributed by atoms with van der Waals surface area (Å²) < 4.78 is 2.37. The average Bonchev–Trinajstić information content (AvgIpc) is 2.49. The van der Waals surface area contributed by atoms with Crippen molar-refractivity contribution in [1.82, 2.24) is 14.7 Å². The maximum absolute atomic E-state index is 11.2. The molecular formula is C8H11IN4O. The second kappa shape index (κ2) is 3.76. The number of alkyl halides is 1. The lowest BCUT2D eigenvalue weighted by Gasteiger charge is -2.38. The van der Waals surface area contributed by atoms with E-state index in [1.165, 1.54) is 0 Å². The minimum absolute atomic E-state index is 0.196. The molecule has 6 heteroatoms. The summed E-state index contributed by atoms with van der Waals surface area (Å²) in [6.07, 6.45) is 1.85. The number of hydrogen-bond donors (Lipinski definition) is 1. The molecule has 14 heavy (non-hydrogen) atoms. The van der Waals surface area contributed by atoms with Crippen molar-refractivity contribution >= 4 is 34.3 Å². The van der Waals surface area contributed by atoms with Crippen molar-refractivity contribution in [3.8, 4) is 0 Å². The minimum Gasteiger partial charge on any atom is -0.382 e. The monoisotopic (exact) mass is 306 g/mol. The van der Waals surface area contributed by atoms with E-state index in [0.29, 0.717) is 16.3 Å². The van der Waals surface area contributed by atoms with Crippen molar-refractivity contribution in [2.24, 2.45) is 0 Å². The summed E-state index contributed by atoms with van der Waals surface area (Å²) >= 11 is 2.08. The van der Waals surface area contributed by atoms with Crippen molar-refractivity contribution in [2.45, 2.75) is 6.04 Å². The van der Waals surface area contributed by atoms with Crippen molar-refractivity contribution in [3.05, 3.63) is 12.3 Å². The van der Waals surface area contributed by atoms with Gasteiger partial charge in [-0.05, 0) is 6.07 Å². The lowest BCUT2D eigenvalue weighted by atomic mass is 10.1. The summed E-state index contributed by atoms with van der Waals surface area (Å²) in [6, 6.07) is 2.07. The summed E-state index contributed by atoms with van der Waals surface area (Å²) in [5.74, 6) is 0.727. The first-order valence-electron chi connectivity index (χ1n) is 4.35. The smallest absolute Gasteiger partial charge is 0.232 e. The molecule has 0 aliphatic carbocycles. The maximum atomic E-state index is 11.2. The zero-order valence-electron chi connectivity index (χ0n) is 7.56. The molecule has 1 aromatic heterocycles. The van der Waals surface area contributed by atoms with Gasteiger partial charge in [-0.3, -0.25) is 9.48 Å². The molecule has 1 aromatic rings. The molecule has 1 aliphatic rings. The average molecular weight is 306 g/mol. The first-order chi connectivity index (χ1) is 6.70. The summed E-state index contributed by atoms with van der Waals surface area (Å²) in [5, 5.41) is 4.11. The number of likely N-dealkylation sites (tertiary alicyclic amines) is 1. The topological polar surface area (TPSA) is 64.2 Å². The van der Waals surface area contributed by atoms with Crippen LogP contribution >= 0.6 is 22.6 Å². The molecule has 1 saturated heterocycles. The number of nitrogens with zero attached hydrogens (tertiary/aromatic N) is 3. The number of nitrogen functional groups attached to an aromatic ring is 1. The standard InChI is InChI=1S/C8H11IN4O/c9-3-8(14)12-4-6(5-12)13-2-1-7(10)11-13/h1-2,6H,3-5H2,(H2,10,11). The predicted molar refractivity (Wildman–Crippen MR) is 61.1 cm³/mol. The van der Waals surface area contributed by atoms with Gasteiger partial charge < -0.3 is 10.6 Å². The Kier molecular flexibility index (Phi) is 2.62. The van der Waals surface area contributed by atoms with E-state index in [2.05, 4.69) is 27.7 Å². The van der Waals surface area contributed by atoms with Gasteiger partial charge in [-0.25, -0.2) is 0 Å². The second-order valence-corrected chi connectivity index (χ2v) is 4.07. The number of carbonyl (C=O) groups is 1. The van der Waals surface area contributed by atoms with Crippen LogP contribution in [-0.2, 0) is 4.79 Å². The van der Waals surface area contributed by atoms with Crippen LogP contribution in [0, 0.1) is 0 Å². The van der Waals surface area contributed by atoms with Gasteiger partial charge in [-0.15, -0.1) is 0 Å². The van der Waals surface area contributed by atoms with E-state index in [-0.39, 0.29) is 5.91 Å². The fourth-order valence-electron chi connectivity index (χ4n) is 1.47. The minimum atomic E-state index is 0.196. The van der Waals surface area contributed by atoms with E-state index in [9.17, 15) is 4.79 Å². The van der Waals surface area contributed by atoms with E-state index in [1.54, 1.807) is 6.07 Å². The van der Waals surface area contributed by atoms with Crippen LogP contribution in [0.2, 0.25) is 0 Å². The number of amides is 1. The van der Waals surface area contributed by atoms with Gasteiger partial charge in [0.15, 0.2) is 0 Å². The highest BCUT2D eigenvalue weighted by molar-refractivity contribution is 14.1. The Hall–Kier alpha value is -0.790. The molecule has 0 saturated carbocycles. The first kappa shape index (κ1) is 9.75. The molecule has 0 unspecified atom stereocenters. The number of rotatable bonds is 2. The summed E-state index contributed by atoms with van der Waals surface area (Å²) in [5.41, 5.74) is 5.50. The fourth-order valence-corrected chi connectivity index (χ4v) is 1.95. The Labute approximate surface area is 95.4 Å². The molecule has 2 N–H and O–H groups in total. The Balaban J connectivity index is 1.92. The van der Waals surface area contributed by atoms with Gasteiger partial charge in [0.1, 0.15) is 5.82 Å². The van der Waals surface area contributed by atoms with Gasteiger partial charge >= 0.3 is 0 Å².